The van der Waals surface area contributed by atoms with Crippen LogP contribution in [0, 0.1) is 15.4 Å². The predicted octanol–water partition coefficient (Wildman–Crippen LogP) is 6.03. The van der Waals surface area contributed by atoms with Crippen LogP contribution in [0.15, 0.2) is 24.3 Å². The van der Waals surface area contributed by atoms with E-state index in [0.29, 0.717) is 38.6 Å². The van der Waals surface area contributed by atoms with Gasteiger partial charge in [0.25, 0.3) is 0 Å². The summed E-state index contributed by atoms with van der Waals surface area (Å²) in [4.78, 5) is 89.9. The predicted molar refractivity (Wildman–Crippen MR) is 232 cm³/mol. The van der Waals surface area contributed by atoms with E-state index in [-0.39, 0.29) is 55.2 Å². The van der Waals surface area contributed by atoms with Gasteiger partial charge >= 0.3 is 24.1 Å². The number of urea groups is 1. The summed E-state index contributed by atoms with van der Waals surface area (Å²) in [5.41, 5.74) is -1.24. The molecule has 5 N–H and O–H groups in total. The standard InChI is InChI=1S/C43H68IN5O10/c1-27(50)32(48-39(55)49-33(38(54)58-42(5,6)7)22-23-35(51)57-41(2,3)4)13-11-12-24-45-37(53)34(25-28-16-20-31(44)21-17-28)47-36(52)30-18-14-29(15-19-30)26-46-40(56)59-43(8,9)10/h16-17,20-21,29-30,32-34H,11-15,18-19,22-26H2,1-10H3,(H,45,53)(H,46,56)(H,47,52)(H2,48,49,55)/t29-,30-,32-,33-,34-/m0/s1. The summed E-state index contributed by atoms with van der Waals surface area (Å²) in [5, 5.41) is 13.9. The highest BCUT2D eigenvalue weighted by Gasteiger charge is 2.32. The molecule has 0 aromatic heterocycles. The van der Waals surface area contributed by atoms with E-state index in [0.717, 1.165) is 22.0 Å². The van der Waals surface area contributed by atoms with Crippen molar-refractivity contribution in [2.24, 2.45) is 11.8 Å². The Morgan fingerprint density at radius 2 is 1.27 bits per heavy atom. The van der Waals surface area contributed by atoms with E-state index in [9.17, 15) is 33.6 Å². The molecule has 1 saturated carbocycles. The summed E-state index contributed by atoms with van der Waals surface area (Å²) < 4.78 is 17.2. The normalized spacial score (nSPS) is 17.3. The number of ketones is 1. The number of amides is 5. The molecule has 2 rings (SSSR count). The van der Waals surface area contributed by atoms with Crippen molar-refractivity contribution < 1.29 is 47.8 Å². The summed E-state index contributed by atoms with van der Waals surface area (Å²) in [6.07, 6.45) is 3.67. The third-order valence-electron chi connectivity index (χ3n) is 9.21. The molecular formula is C43H68IN5O10. The van der Waals surface area contributed by atoms with Crippen molar-refractivity contribution in [3.63, 3.8) is 0 Å². The van der Waals surface area contributed by atoms with Gasteiger partial charge in [0.2, 0.25) is 11.8 Å². The van der Waals surface area contributed by atoms with Crippen LogP contribution in [0.2, 0.25) is 0 Å². The van der Waals surface area contributed by atoms with E-state index in [1.807, 2.05) is 45.0 Å². The maximum Gasteiger partial charge on any atom is 0.407 e. The van der Waals surface area contributed by atoms with Gasteiger partial charge in [0.1, 0.15) is 28.9 Å². The highest BCUT2D eigenvalue weighted by molar-refractivity contribution is 14.1. The molecule has 1 fully saturated rings. The minimum Gasteiger partial charge on any atom is -0.460 e. The molecule has 1 aliphatic rings. The molecule has 0 aliphatic heterocycles. The van der Waals surface area contributed by atoms with Gasteiger partial charge in [0.05, 0.1) is 6.04 Å². The molecular weight excluding hydrogens is 873 g/mol. The number of rotatable bonds is 19. The van der Waals surface area contributed by atoms with E-state index in [4.69, 9.17) is 14.2 Å². The van der Waals surface area contributed by atoms with Gasteiger partial charge in [-0.15, -0.1) is 0 Å². The maximum atomic E-state index is 13.5. The van der Waals surface area contributed by atoms with E-state index in [2.05, 4.69) is 49.2 Å². The molecule has 0 saturated heterocycles. The second-order valence-corrected chi connectivity index (χ2v) is 19.5. The van der Waals surface area contributed by atoms with Crippen LogP contribution in [0.25, 0.3) is 0 Å². The molecule has 1 aromatic rings. The maximum absolute atomic E-state index is 13.5. The van der Waals surface area contributed by atoms with E-state index >= 15 is 0 Å². The van der Waals surface area contributed by atoms with Gasteiger partial charge in [-0.2, -0.15) is 0 Å². The first-order valence-corrected chi connectivity index (χ1v) is 21.7. The van der Waals surface area contributed by atoms with Crippen molar-refractivity contribution in [3.05, 3.63) is 33.4 Å². The third kappa shape index (κ3) is 22.3. The van der Waals surface area contributed by atoms with Crippen LogP contribution in [-0.2, 0) is 44.6 Å². The third-order valence-corrected chi connectivity index (χ3v) is 9.93. The van der Waals surface area contributed by atoms with Crippen LogP contribution in [0.1, 0.15) is 133 Å². The fraction of sp³-hybridized carbons (Fsp3) is 0.698. The monoisotopic (exact) mass is 941 g/mol. The lowest BCUT2D eigenvalue weighted by molar-refractivity contribution is -0.158. The second-order valence-electron chi connectivity index (χ2n) is 18.3. The first kappa shape index (κ1) is 51.2. The van der Waals surface area contributed by atoms with Crippen molar-refractivity contribution in [1.82, 2.24) is 26.6 Å². The number of benzene rings is 1. The Hall–Kier alpha value is -3.96. The summed E-state index contributed by atoms with van der Waals surface area (Å²) in [6.45, 7) is 17.8. The highest BCUT2D eigenvalue weighted by atomic mass is 127. The number of esters is 2. The van der Waals surface area contributed by atoms with Crippen molar-refractivity contribution in [3.8, 4) is 0 Å². The number of ether oxygens (including phenoxy) is 3. The van der Waals surface area contributed by atoms with Crippen molar-refractivity contribution in [2.75, 3.05) is 13.1 Å². The van der Waals surface area contributed by atoms with Crippen LogP contribution in [0.5, 0.6) is 0 Å². The molecule has 0 bridgehead atoms. The van der Waals surface area contributed by atoms with Crippen molar-refractivity contribution in [1.29, 1.82) is 0 Å². The topological polar surface area (TPSA) is 207 Å². The van der Waals surface area contributed by atoms with Crippen molar-refractivity contribution >= 4 is 64.3 Å². The van der Waals surface area contributed by atoms with Gasteiger partial charge in [-0.3, -0.25) is 19.2 Å². The quantitative estimate of drug-likeness (QED) is 0.0472. The number of alkyl carbamates (subject to hydrolysis) is 1. The Kier molecular flexibility index (Phi) is 20.6. The molecule has 332 valence electrons. The average molecular weight is 942 g/mol. The minimum atomic E-state index is -1.17. The summed E-state index contributed by atoms with van der Waals surface area (Å²) in [5.74, 6) is -2.07. The zero-order valence-electron chi connectivity index (χ0n) is 36.6. The summed E-state index contributed by atoms with van der Waals surface area (Å²) in [6, 6.07) is 4.14. The van der Waals surface area contributed by atoms with Gasteiger partial charge < -0.3 is 40.8 Å². The lowest BCUT2D eigenvalue weighted by Crippen LogP contribution is -2.52. The fourth-order valence-corrected chi connectivity index (χ4v) is 6.71. The molecule has 0 spiro atoms. The molecule has 1 aromatic carbocycles. The Bertz CT molecular complexity index is 1570. The molecule has 0 unspecified atom stereocenters. The number of carbonyl (C=O) groups excluding carboxylic acids is 7. The van der Waals surface area contributed by atoms with Crippen LogP contribution in [0.4, 0.5) is 9.59 Å². The lowest BCUT2D eigenvalue weighted by atomic mass is 9.81. The van der Waals surface area contributed by atoms with Gasteiger partial charge in [-0.25, -0.2) is 14.4 Å². The number of hydrogen-bond acceptors (Lipinski definition) is 10. The van der Waals surface area contributed by atoms with Gasteiger partial charge in [0, 0.05) is 35.4 Å². The zero-order valence-corrected chi connectivity index (χ0v) is 38.8. The van der Waals surface area contributed by atoms with Gasteiger partial charge in [-0.05, 0) is 167 Å². The Balaban J connectivity index is 1.94. The SMILES string of the molecule is CC(=O)[C@H](CCCCNC(=O)[C@H](Cc1ccc(I)cc1)NC(=O)[C@H]1CC[C@H](CNC(=O)OC(C)(C)C)CC1)NC(=O)N[C@@H](CCC(=O)OC(C)(C)C)C(=O)OC(C)(C)C. The largest absolute Gasteiger partial charge is 0.460 e. The van der Waals surface area contributed by atoms with Crippen molar-refractivity contribution in [2.45, 2.75) is 168 Å². The molecule has 0 heterocycles. The Morgan fingerprint density at radius 1 is 0.695 bits per heavy atom. The van der Waals surface area contributed by atoms with E-state index in [1.165, 1.54) is 6.92 Å². The summed E-state index contributed by atoms with van der Waals surface area (Å²) >= 11 is 2.21. The minimum absolute atomic E-state index is 0.0665. The number of Topliss-reactive ketones (excluding diaryl/α,β-unsaturated/α-hetero) is 1. The highest BCUT2D eigenvalue weighted by Crippen LogP contribution is 2.29. The Labute approximate surface area is 363 Å². The second kappa shape index (κ2) is 23.7. The van der Waals surface area contributed by atoms with Crippen LogP contribution >= 0.6 is 22.6 Å². The fourth-order valence-electron chi connectivity index (χ4n) is 6.35. The molecule has 59 heavy (non-hydrogen) atoms. The summed E-state index contributed by atoms with van der Waals surface area (Å²) in [7, 11) is 0. The van der Waals surface area contributed by atoms with Gasteiger partial charge in [-0.1, -0.05) is 12.1 Å². The number of unbranched alkanes of at least 4 members (excludes halogenated alkanes) is 1. The first-order chi connectivity index (χ1) is 27.3. The molecule has 0 radical (unpaired) electrons. The van der Waals surface area contributed by atoms with Gasteiger partial charge in [0.15, 0.2) is 5.78 Å². The first-order valence-electron chi connectivity index (χ1n) is 20.6. The Morgan fingerprint density at radius 3 is 1.83 bits per heavy atom. The number of carbonyl (C=O) groups is 7. The van der Waals surface area contributed by atoms with E-state index in [1.54, 1.807) is 41.5 Å². The number of halogens is 1. The van der Waals surface area contributed by atoms with Crippen LogP contribution in [0.3, 0.4) is 0 Å². The number of hydrogen-bond donors (Lipinski definition) is 5. The van der Waals surface area contributed by atoms with E-state index < -0.39 is 59.0 Å². The molecule has 5 amide bonds. The molecule has 16 heteroatoms. The lowest BCUT2D eigenvalue weighted by Gasteiger charge is -2.29. The molecule has 1 aliphatic carbocycles. The zero-order chi connectivity index (χ0) is 44.6. The smallest absolute Gasteiger partial charge is 0.407 e. The molecule has 3 atom stereocenters. The molecule has 15 nitrogen and oxygen atoms in total. The van der Waals surface area contributed by atoms with Crippen LogP contribution in [-0.4, -0.2) is 89.7 Å². The van der Waals surface area contributed by atoms with Crippen LogP contribution < -0.4 is 26.6 Å². The average Bonchev–Trinajstić information content (AvgIpc) is 3.10. The number of nitrogens with one attached hydrogen (secondary N) is 5.